The van der Waals surface area contributed by atoms with E-state index in [1.54, 1.807) is 0 Å². The second kappa shape index (κ2) is 7.82. The predicted molar refractivity (Wildman–Crippen MR) is 78.4 cm³/mol. The fraction of sp³-hybridized carbons (Fsp3) is 0.562. The second-order valence-corrected chi connectivity index (χ2v) is 5.15. The zero-order chi connectivity index (χ0) is 14.3. The highest BCUT2D eigenvalue weighted by Crippen LogP contribution is 2.15. The number of nitrogens with one attached hydrogen (secondary N) is 1. The summed E-state index contributed by atoms with van der Waals surface area (Å²) in [6, 6.07) is 7.93. The number of rotatable bonds is 7. The Morgan fingerprint density at radius 1 is 1.21 bits per heavy atom. The molecule has 0 aliphatic heterocycles. The number of amides is 1. The Morgan fingerprint density at radius 2 is 1.84 bits per heavy atom. The third-order valence-corrected chi connectivity index (χ3v) is 2.96. The van der Waals surface area contributed by atoms with E-state index in [0.717, 1.165) is 12.2 Å². The largest absolute Gasteiger partial charge is 0.481 e. The van der Waals surface area contributed by atoms with Crippen molar-refractivity contribution in [3.05, 3.63) is 29.8 Å². The first-order valence-corrected chi connectivity index (χ1v) is 7.10. The molecular formula is C16H25NO2. The SMILES string of the molecule is CCc1ccc(OC(CC)C(=O)NCC(C)C)cc1. The minimum atomic E-state index is -0.411. The number of carbonyl (C=O) groups is 1. The van der Waals surface area contributed by atoms with Crippen LogP contribution in [0.4, 0.5) is 0 Å². The molecule has 0 aliphatic rings. The summed E-state index contributed by atoms with van der Waals surface area (Å²) in [5.74, 6) is 1.17. The Labute approximate surface area is 116 Å². The van der Waals surface area contributed by atoms with E-state index < -0.39 is 6.10 Å². The molecule has 3 nitrogen and oxygen atoms in total. The summed E-state index contributed by atoms with van der Waals surface area (Å²) < 4.78 is 5.75. The third kappa shape index (κ3) is 5.33. The molecule has 19 heavy (non-hydrogen) atoms. The van der Waals surface area contributed by atoms with Crippen molar-refractivity contribution in [3.63, 3.8) is 0 Å². The average molecular weight is 263 g/mol. The third-order valence-electron chi connectivity index (χ3n) is 2.96. The van der Waals surface area contributed by atoms with Crippen LogP contribution in [0.25, 0.3) is 0 Å². The van der Waals surface area contributed by atoms with Gasteiger partial charge in [-0.1, -0.05) is 39.8 Å². The van der Waals surface area contributed by atoms with Crippen LogP contribution < -0.4 is 10.1 Å². The standard InChI is InChI=1S/C16H25NO2/c1-5-13-7-9-14(10-8-13)19-15(6-2)16(18)17-11-12(3)4/h7-10,12,15H,5-6,11H2,1-4H3,(H,17,18). The van der Waals surface area contributed by atoms with Gasteiger partial charge in [0.25, 0.3) is 5.91 Å². The minimum absolute atomic E-state index is 0.0317. The summed E-state index contributed by atoms with van der Waals surface area (Å²) >= 11 is 0. The fourth-order valence-corrected chi connectivity index (χ4v) is 1.71. The molecule has 0 radical (unpaired) electrons. The monoisotopic (exact) mass is 263 g/mol. The van der Waals surface area contributed by atoms with Crippen molar-refractivity contribution in [2.75, 3.05) is 6.54 Å². The van der Waals surface area contributed by atoms with E-state index in [1.807, 2.05) is 31.2 Å². The number of hydrogen-bond acceptors (Lipinski definition) is 2. The van der Waals surface area contributed by atoms with Gasteiger partial charge in [0.05, 0.1) is 0 Å². The zero-order valence-corrected chi connectivity index (χ0v) is 12.4. The van der Waals surface area contributed by atoms with E-state index in [-0.39, 0.29) is 5.91 Å². The Bertz CT molecular complexity index is 384. The maximum Gasteiger partial charge on any atom is 0.261 e. The summed E-state index contributed by atoms with van der Waals surface area (Å²) in [5, 5.41) is 2.91. The van der Waals surface area contributed by atoms with E-state index in [9.17, 15) is 4.79 Å². The van der Waals surface area contributed by atoms with Gasteiger partial charge in [-0.25, -0.2) is 0 Å². The molecule has 1 aromatic carbocycles. The molecule has 1 unspecified atom stereocenters. The average Bonchev–Trinajstić information content (AvgIpc) is 2.42. The van der Waals surface area contributed by atoms with Gasteiger partial charge in [-0.2, -0.15) is 0 Å². The Morgan fingerprint density at radius 3 is 2.32 bits per heavy atom. The van der Waals surface area contributed by atoms with Gasteiger partial charge >= 0.3 is 0 Å². The first-order chi connectivity index (χ1) is 9.06. The quantitative estimate of drug-likeness (QED) is 0.820. The first kappa shape index (κ1) is 15.5. The maximum absolute atomic E-state index is 12.0. The van der Waals surface area contributed by atoms with Gasteiger partial charge in [0, 0.05) is 6.54 Å². The maximum atomic E-state index is 12.0. The Balaban J connectivity index is 2.57. The van der Waals surface area contributed by atoms with Gasteiger partial charge in [-0.3, -0.25) is 4.79 Å². The normalized spacial score (nSPS) is 12.3. The topological polar surface area (TPSA) is 38.3 Å². The molecule has 0 heterocycles. The summed E-state index contributed by atoms with van der Waals surface area (Å²) in [6.45, 7) is 8.91. The zero-order valence-electron chi connectivity index (χ0n) is 12.4. The predicted octanol–water partition coefficient (Wildman–Crippen LogP) is 3.18. The molecule has 0 bridgehead atoms. The van der Waals surface area contributed by atoms with Crippen LogP contribution in [0.3, 0.4) is 0 Å². The van der Waals surface area contributed by atoms with Crippen molar-refractivity contribution >= 4 is 5.91 Å². The molecule has 1 amide bonds. The molecule has 1 aromatic rings. The number of carbonyl (C=O) groups excluding carboxylic acids is 1. The van der Waals surface area contributed by atoms with Gasteiger partial charge < -0.3 is 10.1 Å². The molecule has 1 rings (SSSR count). The molecule has 0 spiro atoms. The Hall–Kier alpha value is -1.51. The minimum Gasteiger partial charge on any atom is -0.481 e. The molecular weight excluding hydrogens is 238 g/mol. The fourth-order valence-electron chi connectivity index (χ4n) is 1.71. The Kier molecular flexibility index (Phi) is 6.40. The van der Waals surface area contributed by atoms with Gasteiger partial charge in [-0.05, 0) is 36.5 Å². The van der Waals surface area contributed by atoms with Gasteiger partial charge in [-0.15, -0.1) is 0 Å². The summed E-state index contributed by atoms with van der Waals surface area (Å²) in [7, 11) is 0. The number of aryl methyl sites for hydroxylation is 1. The van der Waals surface area contributed by atoms with Crippen LogP contribution in [-0.2, 0) is 11.2 Å². The second-order valence-electron chi connectivity index (χ2n) is 5.15. The van der Waals surface area contributed by atoms with Crippen molar-refractivity contribution in [2.45, 2.75) is 46.6 Å². The van der Waals surface area contributed by atoms with Crippen molar-refractivity contribution in [2.24, 2.45) is 5.92 Å². The highest BCUT2D eigenvalue weighted by molar-refractivity contribution is 5.81. The van der Waals surface area contributed by atoms with Crippen LogP contribution in [0, 0.1) is 5.92 Å². The van der Waals surface area contributed by atoms with E-state index in [2.05, 4.69) is 26.1 Å². The summed E-state index contributed by atoms with van der Waals surface area (Å²) in [4.78, 5) is 12.0. The number of ether oxygens (including phenoxy) is 1. The summed E-state index contributed by atoms with van der Waals surface area (Å²) in [5.41, 5.74) is 1.27. The smallest absolute Gasteiger partial charge is 0.261 e. The van der Waals surface area contributed by atoms with Crippen molar-refractivity contribution in [1.82, 2.24) is 5.32 Å². The lowest BCUT2D eigenvalue weighted by molar-refractivity contribution is -0.128. The van der Waals surface area contributed by atoms with Crippen LogP contribution in [-0.4, -0.2) is 18.6 Å². The molecule has 0 aromatic heterocycles. The number of hydrogen-bond donors (Lipinski definition) is 1. The van der Waals surface area contributed by atoms with Gasteiger partial charge in [0.15, 0.2) is 6.10 Å². The van der Waals surface area contributed by atoms with Crippen molar-refractivity contribution < 1.29 is 9.53 Å². The van der Waals surface area contributed by atoms with E-state index >= 15 is 0 Å². The lowest BCUT2D eigenvalue weighted by atomic mass is 10.1. The van der Waals surface area contributed by atoms with E-state index in [0.29, 0.717) is 18.9 Å². The van der Waals surface area contributed by atoms with Crippen LogP contribution in [0.5, 0.6) is 5.75 Å². The molecule has 3 heteroatoms. The van der Waals surface area contributed by atoms with Crippen LogP contribution in [0.15, 0.2) is 24.3 Å². The lowest BCUT2D eigenvalue weighted by Crippen LogP contribution is -2.39. The summed E-state index contributed by atoms with van der Waals surface area (Å²) in [6.07, 6.45) is 1.26. The van der Waals surface area contributed by atoms with Crippen LogP contribution >= 0.6 is 0 Å². The molecule has 0 saturated heterocycles. The van der Waals surface area contributed by atoms with Crippen molar-refractivity contribution in [1.29, 1.82) is 0 Å². The molecule has 106 valence electrons. The van der Waals surface area contributed by atoms with Gasteiger partial charge in [0.1, 0.15) is 5.75 Å². The van der Waals surface area contributed by atoms with Crippen LogP contribution in [0.1, 0.15) is 39.7 Å². The van der Waals surface area contributed by atoms with Crippen molar-refractivity contribution in [3.8, 4) is 5.75 Å². The molecule has 0 saturated carbocycles. The number of benzene rings is 1. The molecule has 1 N–H and O–H groups in total. The lowest BCUT2D eigenvalue weighted by Gasteiger charge is -2.18. The van der Waals surface area contributed by atoms with Crippen LogP contribution in [0.2, 0.25) is 0 Å². The van der Waals surface area contributed by atoms with E-state index in [4.69, 9.17) is 4.74 Å². The molecule has 1 atom stereocenters. The highest BCUT2D eigenvalue weighted by atomic mass is 16.5. The van der Waals surface area contributed by atoms with Gasteiger partial charge in [0.2, 0.25) is 0 Å². The van der Waals surface area contributed by atoms with E-state index in [1.165, 1.54) is 5.56 Å². The molecule has 0 fully saturated rings. The highest BCUT2D eigenvalue weighted by Gasteiger charge is 2.18. The first-order valence-electron chi connectivity index (χ1n) is 7.10. The molecule has 0 aliphatic carbocycles.